The number of hydrogen-bond acceptors (Lipinski definition) is 5. The lowest BCUT2D eigenvalue weighted by Gasteiger charge is -2.33. The number of nitrogens with zero attached hydrogens (tertiary/aromatic N) is 1. The number of nitrogens with one attached hydrogen (secondary N) is 1. The summed E-state index contributed by atoms with van der Waals surface area (Å²) in [4.78, 5) is 25.2. The molecule has 0 aromatic heterocycles. The standard InChI is InChI=1S/C19H29N3O4/c20-17(14-26-13-16-5-2-1-3-6-16)19(24)22-11-9-15(10-12-22)7-4-8-18(23)21-25/h1-3,5-6,15,17,25H,4,7-14,20H2,(H,21,23)/t17-/m1/s1. The van der Waals surface area contributed by atoms with Crippen LogP contribution in [0.25, 0.3) is 0 Å². The van der Waals surface area contributed by atoms with Crippen molar-refractivity contribution in [2.24, 2.45) is 11.7 Å². The molecule has 0 radical (unpaired) electrons. The first-order chi connectivity index (χ1) is 12.6. The summed E-state index contributed by atoms with van der Waals surface area (Å²) < 4.78 is 5.57. The van der Waals surface area contributed by atoms with E-state index >= 15 is 0 Å². The molecule has 0 unspecified atom stereocenters. The smallest absolute Gasteiger partial charge is 0.243 e. The summed E-state index contributed by atoms with van der Waals surface area (Å²) in [6.45, 7) is 2.05. The molecule has 1 atom stereocenters. The number of ether oxygens (including phenoxy) is 1. The second-order valence-corrected chi connectivity index (χ2v) is 6.80. The molecule has 7 heteroatoms. The van der Waals surface area contributed by atoms with Crippen LogP contribution in [0, 0.1) is 5.92 Å². The zero-order valence-corrected chi connectivity index (χ0v) is 15.1. The van der Waals surface area contributed by atoms with Crippen LogP contribution >= 0.6 is 0 Å². The fourth-order valence-electron chi connectivity index (χ4n) is 3.23. The molecule has 1 saturated heterocycles. The molecule has 1 aliphatic rings. The largest absolute Gasteiger partial charge is 0.375 e. The number of amides is 2. The second kappa shape index (κ2) is 10.9. The van der Waals surface area contributed by atoms with Crippen molar-refractivity contribution in [2.45, 2.75) is 44.8 Å². The van der Waals surface area contributed by atoms with Crippen molar-refractivity contribution < 1.29 is 19.5 Å². The van der Waals surface area contributed by atoms with Crippen molar-refractivity contribution in [3.05, 3.63) is 35.9 Å². The predicted molar refractivity (Wildman–Crippen MR) is 97.2 cm³/mol. The predicted octanol–water partition coefficient (Wildman–Crippen LogP) is 1.44. The van der Waals surface area contributed by atoms with E-state index in [9.17, 15) is 9.59 Å². The lowest BCUT2D eigenvalue weighted by Crippen LogP contribution is -2.49. The molecule has 1 fully saturated rings. The third-order valence-electron chi connectivity index (χ3n) is 4.79. The van der Waals surface area contributed by atoms with E-state index in [2.05, 4.69) is 0 Å². The Balaban J connectivity index is 1.63. The van der Waals surface area contributed by atoms with Crippen molar-refractivity contribution in [3.63, 3.8) is 0 Å². The van der Waals surface area contributed by atoms with Crippen LogP contribution in [0.3, 0.4) is 0 Å². The van der Waals surface area contributed by atoms with Crippen LogP contribution in [0.5, 0.6) is 0 Å². The van der Waals surface area contributed by atoms with Crippen molar-refractivity contribution in [1.82, 2.24) is 10.4 Å². The summed E-state index contributed by atoms with van der Waals surface area (Å²) in [6, 6.07) is 9.16. The molecule has 0 aliphatic carbocycles. The number of benzene rings is 1. The van der Waals surface area contributed by atoms with E-state index < -0.39 is 6.04 Å². The molecular formula is C19H29N3O4. The van der Waals surface area contributed by atoms with Gasteiger partial charge in [-0.15, -0.1) is 0 Å². The number of carbonyl (C=O) groups excluding carboxylic acids is 2. The fourth-order valence-corrected chi connectivity index (χ4v) is 3.23. The van der Waals surface area contributed by atoms with Gasteiger partial charge in [0.2, 0.25) is 11.8 Å². The number of rotatable bonds is 9. The van der Waals surface area contributed by atoms with Gasteiger partial charge in [-0.3, -0.25) is 14.8 Å². The maximum atomic E-state index is 12.4. The number of piperidine rings is 1. The van der Waals surface area contributed by atoms with Crippen molar-refractivity contribution in [3.8, 4) is 0 Å². The topological polar surface area (TPSA) is 105 Å². The minimum absolute atomic E-state index is 0.0591. The Morgan fingerprint density at radius 1 is 1.27 bits per heavy atom. The summed E-state index contributed by atoms with van der Waals surface area (Å²) in [7, 11) is 0. The molecule has 4 N–H and O–H groups in total. The van der Waals surface area contributed by atoms with Gasteiger partial charge >= 0.3 is 0 Å². The lowest BCUT2D eigenvalue weighted by molar-refractivity contribution is -0.135. The summed E-state index contributed by atoms with van der Waals surface area (Å²) in [5.74, 6) is 0.103. The summed E-state index contributed by atoms with van der Waals surface area (Å²) in [5.41, 5.74) is 8.70. The number of hydrogen-bond donors (Lipinski definition) is 3. The average Bonchev–Trinajstić information content (AvgIpc) is 2.68. The van der Waals surface area contributed by atoms with Gasteiger partial charge in [-0.2, -0.15) is 0 Å². The number of hydroxylamine groups is 1. The molecule has 26 heavy (non-hydrogen) atoms. The van der Waals surface area contributed by atoms with Crippen LogP contribution in [0.2, 0.25) is 0 Å². The van der Waals surface area contributed by atoms with Crippen molar-refractivity contribution in [2.75, 3.05) is 19.7 Å². The van der Waals surface area contributed by atoms with Gasteiger partial charge in [0.05, 0.1) is 13.2 Å². The zero-order valence-electron chi connectivity index (χ0n) is 15.1. The molecule has 1 aromatic rings. The lowest BCUT2D eigenvalue weighted by atomic mass is 9.91. The highest BCUT2D eigenvalue weighted by atomic mass is 16.5. The highest BCUT2D eigenvalue weighted by Crippen LogP contribution is 2.23. The highest BCUT2D eigenvalue weighted by molar-refractivity contribution is 5.81. The Morgan fingerprint density at radius 2 is 1.96 bits per heavy atom. The first kappa shape index (κ1) is 20.4. The van der Waals surface area contributed by atoms with Gasteiger partial charge in [0.25, 0.3) is 0 Å². The molecule has 144 valence electrons. The van der Waals surface area contributed by atoms with Gasteiger partial charge in [0, 0.05) is 19.5 Å². The van der Waals surface area contributed by atoms with E-state index in [0.717, 1.165) is 31.2 Å². The maximum absolute atomic E-state index is 12.4. The molecule has 2 amide bonds. The van der Waals surface area contributed by atoms with E-state index in [4.69, 9.17) is 15.7 Å². The second-order valence-electron chi connectivity index (χ2n) is 6.80. The first-order valence-corrected chi connectivity index (χ1v) is 9.19. The van der Waals surface area contributed by atoms with Gasteiger partial charge in [0.1, 0.15) is 6.04 Å². The quantitative estimate of drug-likeness (QED) is 0.455. The Labute approximate surface area is 154 Å². The first-order valence-electron chi connectivity index (χ1n) is 9.19. The number of carbonyl (C=O) groups is 2. The van der Waals surface area contributed by atoms with E-state index in [1.807, 2.05) is 35.2 Å². The van der Waals surface area contributed by atoms with E-state index in [1.165, 1.54) is 0 Å². The number of likely N-dealkylation sites (tertiary alicyclic amines) is 1. The summed E-state index contributed by atoms with van der Waals surface area (Å²) in [5, 5.41) is 8.48. The Bertz CT molecular complexity index is 559. The van der Waals surface area contributed by atoms with Crippen LogP contribution in [0.15, 0.2) is 30.3 Å². The van der Waals surface area contributed by atoms with Gasteiger partial charge in [-0.05, 0) is 37.2 Å². The molecular weight excluding hydrogens is 334 g/mol. The van der Waals surface area contributed by atoms with E-state index in [-0.39, 0.29) is 18.4 Å². The average molecular weight is 363 g/mol. The van der Waals surface area contributed by atoms with Crippen LogP contribution in [-0.4, -0.2) is 47.7 Å². The zero-order chi connectivity index (χ0) is 18.8. The monoisotopic (exact) mass is 363 g/mol. The van der Waals surface area contributed by atoms with Crippen LogP contribution < -0.4 is 11.2 Å². The summed E-state index contributed by atoms with van der Waals surface area (Å²) >= 11 is 0. The third kappa shape index (κ3) is 6.74. The molecule has 0 spiro atoms. The molecule has 1 aliphatic heterocycles. The Hall–Kier alpha value is -1.96. The molecule has 1 aromatic carbocycles. The van der Waals surface area contributed by atoms with Crippen LogP contribution in [0.1, 0.15) is 37.7 Å². The van der Waals surface area contributed by atoms with E-state index in [0.29, 0.717) is 32.0 Å². The van der Waals surface area contributed by atoms with Gasteiger partial charge in [-0.25, -0.2) is 5.48 Å². The van der Waals surface area contributed by atoms with Crippen LogP contribution in [0.4, 0.5) is 0 Å². The van der Waals surface area contributed by atoms with Crippen molar-refractivity contribution in [1.29, 1.82) is 0 Å². The molecule has 1 heterocycles. The third-order valence-corrected chi connectivity index (χ3v) is 4.79. The number of nitrogens with two attached hydrogens (primary N) is 1. The van der Waals surface area contributed by atoms with E-state index in [1.54, 1.807) is 5.48 Å². The van der Waals surface area contributed by atoms with Gasteiger partial charge < -0.3 is 15.4 Å². The highest BCUT2D eigenvalue weighted by Gasteiger charge is 2.26. The fraction of sp³-hybridized carbons (Fsp3) is 0.579. The minimum atomic E-state index is -0.636. The minimum Gasteiger partial charge on any atom is -0.375 e. The molecule has 0 saturated carbocycles. The SMILES string of the molecule is N[C@H](COCc1ccccc1)C(=O)N1CCC(CCCC(=O)NO)CC1. The van der Waals surface area contributed by atoms with Crippen molar-refractivity contribution >= 4 is 11.8 Å². The summed E-state index contributed by atoms with van der Waals surface area (Å²) in [6.07, 6.45) is 3.85. The normalized spacial score (nSPS) is 16.3. The molecule has 0 bridgehead atoms. The Kier molecular flexibility index (Phi) is 8.53. The maximum Gasteiger partial charge on any atom is 0.243 e. The van der Waals surface area contributed by atoms with Gasteiger partial charge in [0.15, 0.2) is 0 Å². The Morgan fingerprint density at radius 3 is 2.62 bits per heavy atom. The van der Waals surface area contributed by atoms with Crippen LogP contribution in [-0.2, 0) is 20.9 Å². The molecule has 2 rings (SSSR count). The van der Waals surface area contributed by atoms with Gasteiger partial charge in [-0.1, -0.05) is 30.3 Å². The molecule has 7 nitrogen and oxygen atoms in total.